The zero-order valence-corrected chi connectivity index (χ0v) is 26.2. The molecule has 0 spiro atoms. The van der Waals surface area contributed by atoms with Crippen molar-refractivity contribution in [2.75, 3.05) is 30.9 Å². The Morgan fingerprint density at radius 3 is 2.59 bits per heavy atom. The van der Waals surface area contributed by atoms with Crippen molar-refractivity contribution in [2.45, 2.75) is 32.2 Å². The predicted molar refractivity (Wildman–Crippen MR) is 163 cm³/mol. The van der Waals surface area contributed by atoms with E-state index in [1.165, 1.54) is 25.4 Å². The molecule has 1 amide bonds. The van der Waals surface area contributed by atoms with Crippen LogP contribution in [0, 0.1) is 0 Å². The molecule has 0 saturated heterocycles. The van der Waals surface area contributed by atoms with Gasteiger partial charge in [-0.2, -0.15) is 23.3 Å². The fourth-order valence-electron chi connectivity index (χ4n) is 4.00. The second-order valence-electron chi connectivity index (χ2n) is 9.24. The standard InChI is InChI=1S/C27H29BrF3N8O4P/c1-3-43-44(42)15-16-5-6-21(19(28)11-16)37-26-33-13-18(27(29,30)31)24(38-26)36-22-8-7-20(35-23(22)25(41)32-2)17-12-34-39(14-17)9-4-10-40/h5-8,11-14,40,44H,3-4,9-10,15H2,1-2H3,(H,32,41)(H2,33,36,37,38). The van der Waals surface area contributed by atoms with Crippen molar-refractivity contribution in [2.24, 2.45) is 0 Å². The first kappa shape index (κ1) is 33.1. The number of carbonyl (C=O) groups is 1. The summed E-state index contributed by atoms with van der Waals surface area (Å²) in [5, 5.41) is 21.2. The monoisotopic (exact) mass is 696 g/mol. The average Bonchev–Trinajstić information content (AvgIpc) is 3.46. The maximum absolute atomic E-state index is 14.0. The second-order valence-corrected chi connectivity index (χ2v) is 11.5. The number of benzene rings is 1. The van der Waals surface area contributed by atoms with Gasteiger partial charge in [0.15, 0.2) is 13.7 Å². The van der Waals surface area contributed by atoms with E-state index in [-0.39, 0.29) is 30.1 Å². The molecule has 1 aromatic carbocycles. The molecule has 0 aliphatic heterocycles. The third kappa shape index (κ3) is 8.40. The molecule has 17 heteroatoms. The van der Waals surface area contributed by atoms with Crippen molar-refractivity contribution in [3.63, 3.8) is 0 Å². The fraction of sp³-hybridized carbons (Fsp3) is 0.296. The number of nitrogens with one attached hydrogen (secondary N) is 3. The van der Waals surface area contributed by atoms with Gasteiger partial charge in [0.05, 0.1) is 29.9 Å². The van der Waals surface area contributed by atoms with E-state index in [2.05, 4.69) is 51.9 Å². The zero-order valence-electron chi connectivity index (χ0n) is 23.6. The van der Waals surface area contributed by atoms with Crippen LogP contribution in [0.15, 0.2) is 53.4 Å². The van der Waals surface area contributed by atoms with Crippen LogP contribution in [0.4, 0.5) is 36.3 Å². The number of rotatable bonds is 13. The van der Waals surface area contributed by atoms with E-state index in [0.29, 0.717) is 47.2 Å². The van der Waals surface area contributed by atoms with Crippen molar-refractivity contribution in [3.05, 3.63) is 70.2 Å². The predicted octanol–water partition coefficient (Wildman–Crippen LogP) is 5.76. The summed E-state index contributed by atoms with van der Waals surface area (Å²) in [6.07, 6.45) is -0.227. The lowest BCUT2D eigenvalue weighted by Crippen LogP contribution is -2.21. The van der Waals surface area contributed by atoms with Gasteiger partial charge in [-0.3, -0.25) is 14.0 Å². The van der Waals surface area contributed by atoms with E-state index < -0.39 is 31.5 Å². The minimum Gasteiger partial charge on any atom is -0.396 e. The number of aromatic nitrogens is 5. The number of carbonyl (C=O) groups excluding carboxylic acids is 1. The summed E-state index contributed by atoms with van der Waals surface area (Å²) < 4.78 is 61.2. The highest BCUT2D eigenvalue weighted by molar-refractivity contribution is 9.10. The smallest absolute Gasteiger partial charge is 0.396 e. The quantitative estimate of drug-likeness (QED) is 0.127. The fourth-order valence-corrected chi connectivity index (χ4v) is 5.51. The Morgan fingerprint density at radius 2 is 1.91 bits per heavy atom. The van der Waals surface area contributed by atoms with Crippen molar-refractivity contribution in [1.82, 2.24) is 30.0 Å². The summed E-state index contributed by atoms with van der Waals surface area (Å²) in [5.74, 6) is -1.40. The normalized spacial score (nSPS) is 12.2. The van der Waals surface area contributed by atoms with E-state index >= 15 is 0 Å². The molecule has 234 valence electrons. The van der Waals surface area contributed by atoms with Gasteiger partial charge in [-0.25, -0.2) is 9.97 Å². The minimum absolute atomic E-state index is 0.00279. The Bertz CT molecular complexity index is 1650. The van der Waals surface area contributed by atoms with Gasteiger partial charge in [-0.15, -0.1) is 0 Å². The highest BCUT2D eigenvalue weighted by Crippen LogP contribution is 2.37. The SMILES string of the molecule is CCO[PH](=O)Cc1ccc(Nc2ncc(C(F)(F)F)c(Nc3ccc(-c4cnn(CCCO)c4)nc3C(=O)NC)n2)c(Br)c1. The summed E-state index contributed by atoms with van der Waals surface area (Å²) in [4.78, 5) is 25.1. The molecular weight excluding hydrogens is 668 g/mol. The first-order valence-corrected chi connectivity index (χ1v) is 15.6. The molecule has 3 aromatic heterocycles. The Balaban J connectivity index is 1.65. The van der Waals surface area contributed by atoms with Crippen LogP contribution >= 0.6 is 24.0 Å². The summed E-state index contributed by atoms with van der Waals surface area (Å²) in [6.45, 7) is 2.56. The summed E-state index contributed by atoms with van der Waals surface area (Å²) in [6, 6.07) is 8.03. The Hall–Kier alpha value is -3.85. The third-order valence-electron chi connectivity index (χ3n) is 6.09. The van der Waals surface area contributed by atoms with Gasteiger partial charge in [0.2, 0.25) is 5.95 Å². The molecule has 3 heterocycles. The first-order chi connectivity index (χ1) is 21.0. The second kappa shape index (κ2) is 14.8. The number of hydrogen-bond donors (Lipinski definition) is 4. The van der Waals surface area contributed by atoms with Gasteiger partial charge in [0.25, 0.3) is 5.91 Å². The van der Waals surface area contributed by atoms with E-state index in [4.69, 9.17) is 9.63 Å². The maximum atomic E-state index is 14.0. The molecule has 0 radical (unpaired) electrons. The number of aliphatic hydroxyl groups excluding tert-OH is 1. The molecule has 1 atom stereocenters. The molecule has 0 aliphatic carbocycles. The topological polar surface area (TPSA) is 156 Å². The van der Waals surface area contributed by atoms with Crippen LogP contribution < -0.4 is 16.0 Å². The first-order valence-electron chi connectivity index (χ1n) is 13.3. The van der Waals surface area contributed by atoms with Crippen molar-refractivity contribution in [3.8, 4) is 11.3 Å². The number of pyridine rings is 1. The van der Waals surface area contributed by atoms with Crippen LogP contribution in [-0.2, 0) is 28.0 Å². The minimum atomic E-state index is -4.81. The molecule has 12 nitrogen and oxygen atoms in total. The molecule has 0 bridgehead atoms. The third-order valence-corrected chi connectivity index (χ3v) is 8.06. The number of aliphatic hydroxyl groups is 1. The van der Waals surface area contributed by atoms with Gasteiger partial charge < -0.3 is 25.6 Å². The Labute approximate surface area is 259 Å². The lowest BCUT2D eigenvalue weighted by molar-refractivity contribution is -0.137. The van der Waals surface area contributed by atoms with Crippen LogP contribution in [-0.4, -0.2) is 56.0 Å². The van der Waals surface area contributed by atoms with Crippen LogP contribution in [0.2, 0.25) is 0 Å². The van der Waals surface area contributed by atoms with E-state index in [1.54, 1.807) is 36.0 Å². The molecule has 4 N–H and O–H groups in total. The van der Waals surface area contributed by atoms with Crippen LogP contribution in [0.1, 0.15) is 35.0 Å². The van der Waals surface area contributed by atoms with Gasteiger partial charge >= 0.3 is 6.18 Å². The van der Waals surface area contributed by atoms with E-state index in [1.807, 2.05) is 0 Å². The average molecular weight is 697 g/mol. The molecule has 44 heavy (non-hydrogen) atoms. The van der Waals surface area contributed by atoms with E-state index in [9.17, 15) is 22.5 Å². The molecular formula is C27H29BrF3N8O4P. The number of alkyl halides is 3. The summed E-state index contributed by atoms with van der Waals surface area (Å²) >= 11 is 3.41. The van der Waals surface area contributed by atoms with Gasteiger partial charge in [0, 0.05) is 48.8 Å². The summed E-state index contributed by atoms with van der Waals surface area (Å²) in [5.41, 5.74) is 0.787. The van der Waals surface area contributed by atoms with Crippen LogP contribution in [0.3, 0.4) is 0 Å². The van der Waals surface area contributed by atoms with Crippen molar-refractivity contribution in [1.29, 1.82) is 0 Å². The van der Waals surface area contributed by atoms with Gasteiger partial charge in [-0.1, -0.05) is 6.07 Å². The maximum Gasteiger partial charge on any atom is 0.421 e. The van der Waals surface area contributed by atoms with E-state index in [0.717, 1.165) is 5.56 Å². The number of hydrogen-bond acceptors (Lipinski definition) is 10. The summed E-state index contributed by atoms with van der Waals surface area (Å²) in [7, 11) is -0.868. The largest absolute Gasteiger partial charge is 0.421 e. The van der Waals surface area contributed by atoms with Crippen molar-refractivity contribution >= 4 is 53.0 Å². The molecule has 0 saturated carbocycles. The van der Waals surface area contributed by atoms with Crippen molar-refractivity contribution < 1.29 is 32.2 Å². The lowest BCUT2D eigenvalue weighted by Gasteiger charge is -2.17. The Morgan fingerprint density at radius 1 is 1.14 bits per heavy atom. The molecule has 1 unspecified atom stereocenters. The van der Waals surface area contributed by atoms with Crippen LogP contribution in [0.25, 0.3) is 11.3 Å². The zero-order chi connectivity index (χ0) is 31.9. The molecule has 4 rings (SSSR count). The van der Waals surface area contributed by atoms with Gasteiger partial charge in [-0.05, 0) is 59.1 Å². The number of nitrogens with zero attached hydrogens (tertiary/aromatic N) is 5. The number of halogens is 4. The number of aryl methyl sites for hydroxylation is 1. The highest BCUT2D eigenvalue weighted by atomic mass is 79.9. The van der Waals surface area contributed by atoms with Crippen LogP contribution in [0.5, 0.6) is 0 Å². The molecule has 4 aromatic rings. The highest BCUT2D eigenvalue weighted by Gasteiger charge is 2.36. The molecule has 0 fully saturated rings. The van der Waals surface area contributed by atoms with Gasteiger partial charge in [0.1, 0.15) is 11.4 Å². The lowest BCUT2D eigenvalue weighted by atomic mass is 10.1. The number of anilines is 4. The Kier molecular flexibility index (Phi) is 11.1. The molecule has 0 aliphatic rings. The number of amides is 1.